The maximum absolute atomic E-state index is 12.4. The summed E-state index contributed by atoms with van der Waals surface area (Å²) in [5.74, 6) is 1.53. The van der Waals surface area contributed by atoms with E-state index in [0.29, 0.717) is 21.7 Å². The SMILES string of the molecule is CN(C)c1nc(N[C@H]2CC[C@@H](NC(=O)Nc3ccc(Cl)cc3Cl)CC2)nc2ccccc12. The molecule has 4 rings (SSSR count). The van der Waals surface area contributed by atoms with Gasteiger partial charge in [0.05, 0.1) is 16.2 Å². The maximum atomic E-state index is 12.4. The van der Waals surface area contributed by atoms with Gasteiger partial charge in [-0.2, -0.15) is 4.98 Å². The average molecular weight is 473 g/mol. The number of aromatic nitrogens is 2. The molecule has 0 spiro atoms. The van der Waals surface area contributed by atoms with E-state index >= 15 is 0 Å². The molecule has 0 saturated heterocycles. The van der Waals surface area contributed by atoms with Crippen LogP contribution in [0.2, 0.25) is 10.0 Å². The van der Waals surface area contributed by atoms with Crippen molar-refractivity contribution in [3.63, 3.8) is 0 Å². The molecular formula is C23H26Cl2N6O. The number of carbonyl (C=O) groups excluding carboxylic acids is 1. The minimum atomic E-state index is -0.265. The highest BCUT2D eigenvalue weighted by atomic mass is 35.5. The van der Waals surface area contributed by atoms with Gasteiger partial charge in [-0.25, -0.2) is 9.78 Å². The summed E-state index contributed by atoms with van der Waals surface area (Å²) in [7, 11) is 3.97. The first-order valence-corrected chi connectivity index (χ1v) is 11.4. The van der Waals surface area contributed by atoms with Crippen molar-refractivity contribution < 1.29 is 4.79 Å². The Labute approximate surface area is 197 Å². The number of para-hydroxylation sites is 1. The minimum absolute atomic E-state index is 0.106. The lowest BCUT2D eigenvalue weighted by Gasteiger charge is -2.30. The third-order valence-corrected chi connectivity index (χ3v) is 6.13. The van der Waals surface area contributed by atoms with Gasteiger partial charge in [0.25, 0.3) is 0 Å². The molecule has 32 heavy (non-hydrogen) atoms. The molecule has 3 N–H and O–H groups in total. The summed E-state index contributed by atoms with van der Waals surface area (Å²) in [5, 5.41) is 11.3. The molecule has 0 aliphatic heterocycles. The van der Waals surface area contributed by atoms with Gasteiger partial charge in [-0.15, -0.1) is 0 Å². The van der Waals surface area contributed by atoms with E-state index in [1.807, 2.05) is 43.3 Å². The summed E-state index contributed by atoms with van der Waals surface area (Å²) in [4.78, 5) is 23.8. The van der Waals surface area contributed by atoms with Gasteiger partial charge in [-0.3, -0.25) is 0 Å². The van der Waals surface area contributed by atoms with E-state index in [1.54, 1.807) is 18.2 Å². The largest absolute Gasteiger partial charge is 0.362 e. The highest BCUT2D eigenvalue weighted by Gasteiger charge is 2.23. The predicted octanol–water partition coefficient (Wildman–Crippen LogP) is 5.55. The van der Waals surface area contributed by atoms with Crippen LogP contribution in [-0.2, 0) is 0 Å². The van der Waals surface area contributed by atoms with Crippen molar-refractivity contribution in [3.8, 4) is 0 Å². The molecule has 0 atom stereocenters. The normalized spacial score (nSPS) is 18.2. The number of carbonyl (C=O) groups is 1. The van der Waals surface area contributed by atoms with Gasteiger partial charge in [0.1, 0.15) is 5.82 Å². The Balaban J connectivity index is 1.32. The summed E-state index contributed by atoms with van der Waals surface area (Å²) in [6.45, 7) is 0. The molecule has 2 amide bonds. The van der Waals surface area contributed by atoms with Gasteiger partial charge in [-0.05, 0) is 56.0 Å². The van der Waals surface area contributed by atoms with Crippen LogP contribution in [0.15, 0.2) is 42.5 Å². The van der Waals surface area contributed by atoms with E-state index in [9.17, 15) is 4.79 Å². The molecular weight excluding hydrogens is 447 g/mol. The number of hydrogen-bond donors (Lipinski definition) is 3. The fourth-order valence-corrected chi connectivity index (χ4v) is 4.42. The third kappa shape index (κ3) is 5.34. The molecule has 1 heterocycles. The molecule has 2 aromatic carbocycles. The van der Waals surface area contributed by atoms with Crippen LogP contribution in [0.3, 0.4) is 0 Å². The highest BCUT2D eigenvalue weighted by molar-refractivity contribution is 6.36. The van der Waals surface area contributed by atoms with Crippen LogP contribution in [0.25, 0.3) is 10.9 Å². The van der Waals surface area contributed by atoms with Crippen molar-refractivity contribution in [2.75, 3.05) is 29.6 Å². The molecule has 9 heteroatoms. The van der Waals surface area contributed by atoms with Crippen LogP contribution < -0.4 is 20.9 Å². The zero-order valence-electron chi connectivity index (χ0n) is 18.0. The molecule has 1 aliphatic rings. The second kappa shape index (κ2) is 9.79. The molecule has 1 saturated carbocycles. The van der Waals surface area contributed by atoms with Gasteiger partial charge in [0.2, 0.25) is 5.95 Å². The topological polar surface area (TPSA) is 82.2 Å². The van der Waals surface area contributed by atoms with Gasteiger partial charge in [0.15, 0.2) is 0 Å². The fourth-order valence-electron chi connectivity index (χ4n) is 3.96. The van der Waals surface area contributed by atoms with Crippen LogP contribution in [-0.4, -0.2) is 42.2 Å². The number of nitrogens with zero attached hydrogens (tertiary/aromatic N) is 3. The zero-order chi connectivity index (χ0) is 22.7. The quantitative estimate of drug-likeness (QED) is 0.453. The number of amides is 2. The number of benzene rings is 2. The van der Waals surface area contributed by atoms with E-state index in [1.165, 1.54) is 0 Å². The first-order valence-electron chi connectivity index (χ1n) is 10.6. The molecule has 168 valence electrons. The number of anilines is 3. The van der Waals surface area contributed by atoms with Crippen molar-refractivity contribution in [2.45, 2.75) is 37.8 Å². The van der Waals surface area contributed by atoms with E-state index in [0.717, 1.165) is 42.4 Å². The molecule has 1 aliphatic carbocycles. The lowest BCUT2D eigenvalue weighted by Crippen LogP contribution is -2.42. The van der Waals surface area contributed by atoms with Crippen molar-refractivity contribution in [3.05, 3.63) is 52.5 Å². The number of rotatable bonds is 5. The molecule has 3 aromatic rings. The highest BCUT2D eigenvalue weighted by Crippen LogP contribution is 2.27. The Hall–Kier alpha value is -2.77. The van der Waals surface area contributed by atoms with Gasteiger partial charge in [-0.1, -0.05) is 35.3 Å². The molecule has 1 fully saturated rings. The summed E-state index contributed by atoms with van der Waals surface area (Å²) in [5.41, 5.74) is 1.45. The second-order valence-electron chi connectivity index (χ2n) is 8.20. The van der Waals surface area contributed by atoms with Crippen LogP contribution in [0.4, 0.5) is 22.2 Å². The van der Waals surface area contributed by atoms with Gasteiger partial charge >= 0.3 is 6.03 Å². The van der Waals surface area contributed by atoms with E-state index in [2.05, 4.69) is 16.0 Å². The molecule has 7 nitrogen and oxygen atoms in total. The molecule has 1 aromatic heterocycles. The monoisotopic (exact) mass is 472 g/mol. The second-order valence-corrected chi connectivity index (χ2v) is 9.04. The van der Waals surface area contributed by atoms with E-state index < -0.39 is 0 Å². The summed E-state index contributed by atoms with van der Waals surface area (Å²) in [6, 6.07) is 13.1. The summed E-state index contributed by atoms with van der Waals surface area (Å²) < 4.78 is 0. The Morgan fingerprint density at radius 2 is 1.72 bits per heavy atom. The molecule has 0 bridgehead atoms. The maximum Gasteiger partial charge on any atom is 0.319 e. The summed E-state index contributed by atoms with van der Waals surface area (Å²) >= 11 is 12.0. The van der Waals surface area contributed by atoms with Crippen molar-refractivity contribution in [1.82, 2.24) is 15.3 Å². The van der Waals surface area contributed by atoms with Crippen molar-refractivity contribution in [2.24, 2.45) is 0 Å². The number of halogens is 2. The van der Waals surface area contributed by atoms with Crippen LogP contribution in [0.5, 0.6) is 0 Å². The van der Waals surface area contributed by atoms with E-state index in [-0.39, 0.29) is 18.1 Å². The number of fused-ring (bicyclic) bond motifs is 1. The standard InChI is InChI=1S/C23H26Cl2N6O/c1-31(2)21-17-5-3-4-6-19(17)28-22(30-21)26-15-8-10-16(11-9-15)27-23(32)29-20-12-7-14(24)13-18(20)25/h3-7,12-13,15-16H,8-11H2,1-2H3,(H,26,28,30)(H2,27,29,32)/t15-,16+. The molecule has 0 radical (unpaired) electrons. The Kier molecular flexibility index (Phi) is 6.86. The smallest absolute Gasteiger partial charge is 0.319 e. The Morgan fingerprint density at radius 1 is 1.00 bits per heavy atom. The number of nitrogens with one attached hydrogen (secondary N) is 3. The van der Waals surface area contributed by atoms with Gasteiger partial charge in [0, 0.05) is 36.6 Å². The fraction of sp³-hybridized carbons (Fsp3) is 0.348. The zero-order valence-corrected chi connectivity index (χ0v) is 19.5. The van der Waals surface area contributed by atoms with E-state index in [4.69, 9.17) is 33.2 Å². The predicted molar refractivity (Wildman–Crippen MR) is 132 cm³/mol. The lowest BCUT2D eigenvalue weighted by molar-refractivity contribution is 0.243. The van der Waals surface area contributed by atoms with Crippen molar-refractivity contribution >= 4 is 57.6 Å². The summed E-state index contributed by atoms with van der Waals surface area (Å²) in [6.07, 6.45) is 3.57. The van der Waals surface area contributed by atoms with Gasteiger partial charge < -0.3 is 20.9 Å². The minimum Gasteiger partial charge on any atom is -0.362 e. The van der Waals surface area contributed by atoms with Crippen molar-refractivity contribution in [1.29, 1.82) is 0 Å². The molecule has 0 unspecified atom stereocenters. The first kappa shape index (κ1) is 22.4. The number of hydrogen-bond acceptors (Lipinski definition) is 5. The Bertz CT molecular complexity index is 1110. The average Bonchev–Trinajstić information content (AvgIpc) is 2.76. The van der Waals surface area contributed by atoms with Crippen LogP contribution in [0, 0.1) is 0 Å². The lowest BCUT2D eigenvalue weighted by atomic mass is 9.91. The van der Waals surface area contributed by atoms with Crippen LogP contribution in [0.1, 0.15) is 25.7 Å². The van der Waals surface area contributed by atoms with Crippen LogP contribution >= 0.6 is 23.2 Å². The third-order valence-electron chi connectivity index (χ3n) is 5.58. The first-order chi connectivity index (χ1) is 15.4. The number of urea groups is 1. The Morgan fingerprint density at radius 3 is 2.44 bits per heavy atom.